The quantitative estimate of drug-likeness (QED) is 0.293. The summed E-state index contributed by atoms with van der Waals surface area (Å²) in [5.41, 5.74) is 1.81. The highest BCUT2D eigenvalue weighted by Gasteiger charge is 2.56. The first-order valence-electron chi connectivity index (χ1n) is 12.0. The fraction of sp³-hybridized carbons (Fsp3) is 0.276. The van der Waals surface area contributed by atoms with Crippen molar-refractivity contribution in [2.45, 2.75) is 19.4 Å². The van der Waals surface area contributed by atoms with Crippen molar-refractivity contribution in [1.82, 2.24) is 5.01 Å². The van der Waals surface area contributed by atoms with Gasteiger partial charge in [-0.15, -0.1) is 0 Å². The SMILES string of the molecule is COc1cc(/C=N\N2C(=O)[C@@H]3[C@H](C2=O)[C@H]2C=C[C@H]3CC2)ccc1OCc1cccc2ccccc12. The molecule has 1 heterocycles. The number of methoxy groups -OCH3 is 1. The molecule has 7 rings (SSSR count). The Morgan fingerprint density at radius 2 is 1.63 bits per heavy atom. The number of amides is 2. The Morgan fingerprint density at radius 3 is 2.34 bits per heavy atom. The van der Waals surface area contributed by atoms with E-state index in [4.69, 9.17) is 9.47 Å². The summed E-state index contributed by atoms with van der Waals surface area (Å²) in [7, 11) is 1.59. The molecule has 2 bridgehead atoms. The topological polar surface area (TPSA) is 68.2 Å². The molecule has 35 heavy (non-hydrogen) atoms. The maximum atomic E-state index is 13.0. The van der Waals surface area contributed by atoms with Gasteiger partial charge < -0.3 is 9.47 Å². The molecule has 2 fully saturated rings. The number of hydrogen-bond donors (Lipinski definition) is 0. The molecule has 176 valence electrons. The van der Waals surface area contributed by atoms with Gasteiger partial charge in [0.05, 0.1) is 25.2 Å². The molecule has 3 aromatic carbocycles. The van der Waals surface area contributed by atoms with Crippen LogP contribution in [-0.4, -0.2) is 30.1 Å². The average Bonchev–Trinajstić information content (AvgIpc) is 3.18. The lowest BCUT2D eigenvalue weighted by Gasteiger charge is -2.37. The number of carbonyl (C=O) groups is 2. The van der Waals surface area contributed by atoms with Crippen molar-refractivity contribution in [3.63, 3.8) is 0 Å². The van der Waals surface area contributed by atoms with E-state index in [9.17, 15) is 9.59 Å². The zero-order valence-electron chi connectivity index (χ0n) is 19.5. The summed E-state index contributed by atoms with van der Waals surface area (Å²) in [5.74, 6) is 0.587. The summed E-state index contributed by atoms with van der Waals surface area (Å²) < 4.78 is 11.6. The number of carbonyl (C=O) groups excluding carboxylic acids is 2. The molecule has 6 nitrogen and oxygen atoms in total. The molecular formula is C29H26N2O4. The van der Waals surface area contributed by atoms with Crippen molar-refractivity contribution in [3.8, 4) is 11.5 Å². The van der Waals surface area contributed by atoms with Gasteiger partial charge >= 0.3 is 0 Å². The number of hydrogen-bond acceptors (Lipinski definition) is 5. The highest BCUT2D eigenvalue weighted by Crippen LogP contribution is 2.49. The molecule has 4 atom stereocenters. The molecule has 0 spiro atoms. The zero-order valence-corrected chi connectivity index (χ0v) is 19.5. The van der Waals surface area contributed by atoms with Crippen LogP contribution in [0.4, 0.5) is 0 Å². The molecule has 1 aliphatic heterocycles. The minimum absolute atomic E-state index is 0.153. The van der Waals surface area contributed by atoms with Gasteiger partial charge in [-0.05, 0) is 64.8 Å². The number of nitrogens with zero attached hydrogens (tertiary/aromatic N) is 2. The summed E-state index contributed by atoms with van der Waals surface area (Å²) in [6.45, 7) is 0.404. The van der Waals surface area contributed by atoms with Gasteiger partial charge in [0.2, 0.25) is 0 Å². The lowest BCUT2D eigenvalue weighted by molar-refractivity contribution is -0.140. The number of benzene rings is 3. The maximum Gasteiger partial charge on any atom is 0.254 e. The second kappa shape index (κ2) is 8.69. The van der Waals surface area contributed by atoms with Gasteiger partial charge in [-0.1, -0.05) is 54.6 Å². The largest absolute Gasteiger partial charge is 0.493 e. The summed E-state index contributed by atoms with van der Waals surface area (Å²) >= 11 is 0. The van der Waals surface area contributed by atoms with Gasteiger partial charge in [0.25, 0.3) is 11.8 Å². The second-order valence-electron chi connectivity index (χ2n) is 9.41. The first-order chi connectivity index (χ1) is 17.1. The van der Waals surface area contributed by atoms with E-state index in [1.165, 1.54) is 5.39 Å². The first kappa shape index (κ1) is 21.6. The molecule has 0 N–H and O–H groups in total. The molecular weight excluding hydrogens is 440 g/mol. The summed E-state index contributed by atoms with van der Waals surface area (Å²) in [5, 5.41) is 7.69. The van der Waals surface area contributed by atoms with Gasteiger partial charge in [-0.25, -0.2) is 0 Å². The van der Waals surface area contributed by atoms with E-state index in [2.05, 4.69) is 41.5 Å². The predicted molar refractivity (Wildman–Crippen MR) is 133 cm³/mol. The van der Waals surface area contributed by atoms with Gasteiger partial charge in [0.15, 0.2) is 11.5 Å². The number of fused-ring (bicyclic) bond motifs is 2. The molecule has 6 heteroatoms. The van der Waals surface area contributed by atoms with Crippen LogP contribution in [0.5, 0.6) is 11.5 Å². The highest BCUT2D eigenvalue weighted by molar-refractivity contribution is 6.06. The predicted octanol–water partition coefficient (Wildman–Crippen LogP) is 4.96. The van der Waals surface area contributed by atoms with Crippen molar-refractivity contribution in [3.05, 3.63) is 83.9 Å². The molecule has 0 unspecified atom stereocenters. The standard InChI is InChI=1S/C29H26N2O4/c1-34-25-15-18(9-14-24(25)35-17-22-7-4-6-19-5-2-3-8-23(19)22)16-30-31-28(32)26-20-10-11-21(13-12-20)27(26)29(31)33/h2-11,14-16,20-21,26-27H,12-13,17H2,1H3/b30-16-/t20-,21-,26-,27+/m0/s1. The summed E-state index contributed by atoms with van der Waals surface area (Å²) in [4.78, 5) is 25.9. The maximum absolute atomic E-state index is 13.0. The zero-order chi connectivity index (χ0) is 23.9. The van der Waals surface area contributed by atoms with Crippen LogP contribution in [0.3, 0.4) is 0 Å². The van der Waals surface area contributed by atoms with Crippen LogP contribution >= 0.6 is 0 Å². The Labute approximate surface area is 203 Å². The molecule has 3 aromatic rings. The Balaban J connectivity index is 1.19. The number of ether oxygens (including phenoxy) is 2. The number of rotatable bonds is 6. The van der Waals surface area contributed by atoms with Crippen LogP contribution in [0, 0.1) is 23.7 Å². The van der Waals surface area contributed by atoms with E-state index >= 15 is 0 Å². The lowest BCUT2D eigenvalue weighted by Crippen LogP contribution is -2.38. The minimum atomic E-state index is -0.261. The summed E-state index contributed by atoms with van der Waals surface area (Å²) in [6.07, 6.45) is 7.69. The molecule has 2 amide bonds. The van der Waals surface area contributed by atoms with Crippen molar-refractivity contribution in [2.75, 3.05) is 7.11 Å². The number of imide groups is 1. The fourth-order valence-corrected chi connectivity index (χ4v) is 5.75. The van der Waals surface area contributed by atoms with Crippen molar-refractivity contribution in [2.24, 2.45) is 28.8 Å². The Hall–Kier alpha value is -3.93. The third kappa shape index (κ3) is 3.70. The van der Waals surface area contributed by atoms with Gasteiger partial charge in [0.1, 0.15) is 6.61 Å². The first-order valence-corrected chi connectivity index (χ1v) is 12.0. The van der Waals surface area contributed by atoms with Crippen LogP contribution in [-0.2, 0) is 16.2 Å². The van der Waals surface area contributed by atoms with Crippen LogP contribution in [0.1, 0.15) is 24.0 Å². The molecule has 1 saturated heterocycles. The summed E-state index contributed by atoms with van der Waals surface area (Å²) in [6, 6.07) is 19.8. The van der Waals surface area contributed by atoms with Crippen LogP contribution in [0.25, 0.3) is 10.8 Å². The smallest absolute Gasteiger partial charge is 0.254 e. The molecule has 0 aromatic heterocycles. The molecule has 3 aliphatic carbocycles. The molecule has 4 aliphatic rings. The number of hydrazone groups is 1. The average molecular weight is 467 g/mol. The van der Waals surface area contributed by atoms with Crippen molar-refractivity contribution >= 4 is 28.8 Å². The molecule has 1 saturated carbocycles. The van der Waals surface area contributed by atoms with E-state index in [1.54, 1.807) is 19.4 Å². The van der Waals surface area contributed by atoms with Gasteiger partial charge in [-0.3, -0.25) is 9.59 Å². The third-order valence-electron chi connectivity index (χ3n) is 7.51. The lowest BCUT2D eigenvalue weighted by atomic mass is 9.63. The van der Waals surface area contributed by atoms with Crippen molar-refractivity contribution in [1.29, 1.82) is 0 Å². The van der Waals surface area contributed by atoms with Crippen LogP contribution in [0.15, 0.2) is 77.9 Å². The fourth-order valence-electron chi connectivity index (χ4n) is 5.75. The Morgan fingerprint density at radius 1 is 0.914 bits per heavy atom. The normalized spacial score (nSPS) is 25.0. The second-order valence-corrected chi connectivity index (χ2v) is 9.41. The van der Waals surface area contributed by atoms with E-state index in [-0.39, 0.29) is 35.5 Å². The Kier molecular flexibility index (Phi) is 5.36. The van der Waals surface area contributed by atoms with Crippen molar-refractivity contribution < 1.29 is 19.1 Å². The van der Waals surface area contributed by atoms with Gasteiger partial charge in [0, 0.05) is 0 Å². The van der Waals surface area contributed by atoms with E-state index in [0.717, 1.165) is 34.4 Å². The Bertz CT molecular complexity index is 1340. The third-order valence-corrected chi connectivity index (χ3v) is 7.51. The van der Waals surface area contributed by atoms with Crippen LogP contribution in [0.2, 0.25) is 0 Å². The van der Waals surface area contributed by atoms with Crippen LogP contribution < -0.4 is 9.47 Å². The van der Waals surface area contributed by atoms with Gasteiger partial charge in [-0.2, -0.15) is 10.1 Å². The highest BCUT2D eigenvalue weighted by atomic mass is 16.5. The van der Waals surface area contributed by atoms with E-state index in [0.29, 0.717) is 18.1 Å². The molecule has 0 radical (unpaired) electrons. The van der Waals surface area contributed by atoms with E-state index < -0.39 is 0 Å². The monoisotopic (exact) mass is 466 g/mol. The minimum Gasteiger partial charge on any atom is -0.493 e. The van der Waals surface area contributed by atoms with E-state index in [1.807, 2.05) is 30.3 Å². The number of allylic oxidation sites excluding steroid dienone is 2.